The van der Waals surface area contributed by atoms with Crippen molar-refractivity contribution in [3.05, 3.63) is 122 Å². The van der Waals surface area contributed by atoms with Crippen LogP contribution >= 0.6 is 0 Å². The summed E-state index contributed by atoms with van der Waals surface area (Å²) in [6.07, 6.45) is 7.51. The van der Waals surface area contributed by atoms with Gasteiger partial charge in [-0.1, -0.05) is 60.7 Å². The van der Waals surface area contributed by atoms with Gasteiger partial charge in [0.1, 0.15) is 22.3 Å². The Hall–Kier alpha value is -6.80. The second-order valence-corrected chi connectivity index (χ2v) is 12.3. The monoisotopic (exact) mass is 612 g/mol. The fourth-order valence-electron chi connectivity index (χ4n) is 8.10. The highest BCUT2D eigenvalue weighted by Crippen LogP contribution is 2.48. The van der Waals surface area contributed by atoms with Gasteiger partial charge in [-0.05, 0) is 36.4 Å². The van der Waals surface area contributed by atoms with Gasteiger partial charge in [-0.25, -0.2) is 19.9 Å². The average molecular weight is 613 g/mol. The molecule has 12 aromatic rings. The van der Waals surface area contributed by atoms with Gasteiger partial charge >= 0.3 is 0 Å². The molecule has 0 saturated heterocycles. The summed E-state index contributed by atoms with van der Waals surface area (Å²) in [5, 5.41) is 6.26. The van der Waals surface area contributed by atoms with Gasteiger partial charge in [-0.3, -0.25) is 18.8 Å². The van der Waals surface area contributed by atoms with Crippen LogP contribution < -0.4 is 0 Å². The third kappa shape index (κ3) is 2.79. The number of hydrogen-bond acceptors (Lipinski definition) is 6. The minimum absolute atomic E-state index is 0.789. The van der Waals surface area contributed by atoms with Crippen molar-refractivity contribution in [3.8, 4) is 22.5 Å². The maximum atomic E-state index is 5.59. The molecule has 0 bridgehead atoms. The lowest BCUT2D eigenvalue weighted by molar-refractivity contribution is 1.24. The highest BCUT2D eigenvalue weighted by molar-refractivity contribution is 6.38. The van der Waals surface area contributed by atoms with Crippen molar-refractivity contribution in [3.63, 3.8) is 0 Å². The van der Waals surface area contributed by atoms with Crippen LogP contribution in [-0.4, -0.2) is 38.7 Å². The summed E-state index contributed by atoms with van der Waals surface area (Å²) in [5.74, 6) is 0. The lowest BCUT2D eigenvalue weighted by Crippen LogP contribution is -1.98. The van der Waals surface area contributed by atoms with Crippen LogP contribution in [0.15, 0.2) is 122 Å². The van der Waals surface area contributed by atoms with E-state index in [4.69, 9.17) is 29.9 Å². The fraction of sp³-hybridized carbons (Fsp3) is 0. The van der Waals surface area contributed by atoms with Crippen LogP contribution in [0.4, 0.5) is 0 Å². The van der Waals surface area contributed by atoms with E-state index in [1.807, 2.05) is 73.3 Å². The molecule has 8 heteroatoms. The topological polar surface area (TPSA) is 86.2 Å². The Morgan fingerprint density at radius 2 is 0.812 bits per heavy atom. The van der Waals surface area contributed by atoms with Crippen molar-refractivity contribution in [2.45, 2.75) is 0 Å². The van der Waals surface area contributed by atoms with Crippen LogP contribution in [0.1, 0.15) is 0 Å². The van der Waals surface area contributed by atoms with E-state index < -0.39 is 0 Å². The third-order valence-corrected chi connectivity index (χ3v) is 9.96. The van der Waals surface area contributed by atoms with E-state index in [0.717, 1.165) is 110 Å². The van der Waals surface area contributed by atoms with Crippen LogP contribution in [0, 0.1) is 0 Å². The number of benzene rings is 3. The molecular formula is C40H20N8. The van der Waals surface area contributed by atoms with Crippen LogP contribution in [0.3, 0.4) is 0 Å². The molecule has 0 unspecified atom stereocenters. The van der Waals surface area contributed by atoms with Gasteiger partial charge in [0.25, 0.3) is 0 Å². The standard InChI is InChI=1S/C40H20N8/c1-3-9-21(10-4-1)29-30(22-11-5-2-6-12-22)46-32-28-34-36-24(16-20-42-34)26-14-8-18-44-40(26)48(36)38(28)37-27(31(32)45-29)33-35-23(15-19-41-33)25-13-7-17-43-39(25)47(35)37/h1-20H. The van der Waals surface area contributed by atoms with E-state index in [9.17, 15) is 0 Å². The zero-order valence-electron chi connectivity index (χ0n) is 25.1. The maximum Gasteiger partial charge on any atom is 0.145 e. The van der Waals surface area contributed by atoms with E-state index in [1.54, 1.807) is 0 Å². The maximum absolute atomic E-state index is 5.59. The molecule has 12 rings (SSSR count). The Morgan fingerprint density at radius 1 is 0.354 bits per heavy atom. The highest BCUT2D eigenvalue weighted by atomic mass is 15.1. The lowest BCUT2D eigenvalue weighted by Gasteiger charge is -2.13. The highest BCUT2D eigenvalue weighted by Gasteiger charge is 2.30. The smallest absolute Gasteiger partial charge is 0.145 e. The fourth-order valence-corrected chi connectivity index (χ4v) is 8.10. The molecule has 3 aromatic carbocycles. The summed E-state index contributed by atoms with van der Waals surface area (Å²) >= 11 is 0. The van der Waals surface area contributed by atoms with Crippen LogP contribution in [0.25, 0.3) is 110 Å². The third-order valence-electron chi connectivity index (χ3n) is 9.96. The van der Waals surface area contributed by atoms with Gasteiger partial charge in [0.15, 0.2) is 0 Å². The van der Waals surface area contributed by atoms with E-state index in [1.165, 1.54) is 0 Å². The Bertz CT molecular complexity index is 3050. The zero-order chi connectivity index (χ0) is 31.1. The van der Waals surface area contributed by atoms with Crippen molar-refractivity contribution < 1.29 is 0 Å². The minimum atomic E-state index is 0.789. The first-order valence-corrected chi connectivity index (χ1v) is 15.9. The molecule has 0 atom stereocenters. The molecule has 0 amide bonds. The molecule has 48 heavy (non-hydrogen) atoms. The number of pyridine rings is 4. The first-order valence-electron chi connectivity index (χ1n) is 15.9. The van der Waals surface area contributed by atoms with Crippen molar-refractivity contribution in [1.29, 1.82) is 0 Å². The summed E-state index contributed by atoms with van der Waals surface area (Å²) < 4.78 is 4.56. The summed E-state index contributed by atoms with van der Waals surface area (Å²) in [5.41, 5.74) is 12.7. The summed E-state index contributed by atoms with van der Waals surface area (Å²) in [6.45, 7) is 0. The molecule has 0 fully saturated rings. The second kappa shape index (κ2) is 8.51. The SMILES string of the molecule is c1ccc(-c2nc3c(nc2-c2ccccc2)c2c4nccc5c6cccnc6n(c54)c2c2c3c3nccc4c5cccnc5n2c43)cc1. The molecular weight excluding hydrogens is 592 g/mol. The normalized spacial score (nSPS) is 12.6. The molecule has 220 valence electrons. The molecule has 0 N–H and O–H groups in total. The van der Waals surface area contributed by atoms with Crippen LogP contribution in [0.2, 0.25) is 0 Å². The predicted molar refractivity (Wildman–Crippen MR) is 191 cm³/mol. The lowest BCUT2D eigenvalue weighted by atomic mass is 10.0. The van der Waals surface area contributed by atoms with E-state index >= 15 is 0 Å². The molecule has 0 aliphatic heterocycles. The summed E-state index contributed by atoms with van der Waals surface area (Å²) in [4.78, 5) is 31.2. The van der Waals surface area contributed by atoms with Gasteiger partial charge < -0.3 is 0 Å². The molecule has 0 aliphatic rings. The Kier molecular flexibility index (Phi) is 4.33. The average Bonchev–Trinajstić information content (AvgIpc) is 3.89. The first kappa shape index (κ1) is 24.4. The summed E-state index contributed by atoms with van der Waals surface area (Å²) in [7, 11) is 0. The Labute approximate surface area is 270 Å². The van der Waals surface area contributed by atoms with Gasteiger partial charge in [-0.15, -0.1) is 0 Å². The first-order chi connectivity index (χ1) is 23.9. The molecule has 0 spiro atoms. The van der Waals surface area contributed by atoms with E-state index in [-0.39, 0.29) is 0 Å². The number of nitrogens with zero attached hydrogens (tertiary/aromatic N) is 8. The van der Waals surface area contributed by atoms with E-state index in [2.05, 4.69) is 57.3 Å². The molecule has 9 heterocycles. The predicted octanol–water partition coefficient (Wildman–Crippen LogP) is 8.84. The van der Waals surface area contributed by atoms with Crippen LogP contribution in [-0.2, 0) is 0 Å². The molecule has 0 saturated carbocycles. The van der Waals surface area contributed by atoms with Crippen molar-refractivity contribution in [2.75, 3.05) is 0 Å². The zero-order valence-corrected chi connectivity index (χ0v) is 25.1. The summed E-state index contributed by atoms with van der Waals surface area (Å²) in [6, 6.07) is 33.1. The number of fused-ring (bicyclic) bond motifs is 16. The van der Waals surface area contributed by atoms with Gasteiger partial charge in [0, 0.05) is 57.5 Å². The van der Waals surface area contributed by atoms with E-state index in [0.29, 0.717) is 0 Å². The quantitative estimate of drug-likeness (QED) is 0.194. The van der Waals surface area contributed by atoms with Gasteiger partial charge in [-0.2, -0.15) is 0 Å². The Morgan fingerprint density at radius 3 is 1.27 bits per heavy atom. The largest absolute Gasteiger partial charge is 0.289 e. The number of aromatic nitrogens is 8. The van der Waals surface area contributed by atoms with Crippen molar-refractivity contribution in [2.24, 2.45) is 0 Å². The van der Waals surface area contributed by atoms with Crippen molar-refractivity contribution >= 4 is 87.7 Å². The molecule has 0 aliphatic carbocycles. The van der Waals surface area contributed by atoms with Gasteiger partial charge in [0.05, 0.1) is 55.3 Å². The minimum Gasteiger partial charge on any atom is -0.289 e. The number of rotatable bonds is 2. The van der Waals surface area contributed by atoms with Crippen LogP contribution in [0.5, 0.6) is 0 Å². The molecule has 8 nitrogen and oxygen atoms in total. The van der Waals surface area contributed by atoms with Gasteiger partial charge in [0.2, 0.25) is 0 Å². The number of hydrogen-bond donors (Lipinski definition) is 0. The Balaban J connectivity index is 1.45. The second-order valence-electron chi connectivity index (χ2n) is 12.3. The molecule has 9 aromatic heterocycles. The van der Waals surface area contributed by atoms with Crippen molar-refractivity contribution in [1.82, 2.24) is 38.7 Å². The molecule has 0 radical (unpaired) electrons.